The molecule has 0 N–H and O–H groups in total. The first-order valence-electron chi connectivity index (χ1n) is 10.2. The molecule has 1 aliphatic heterocycles. The Bertz CT molecular complexity index is 1210. The minimum absolute atomic E-state index is 0.240. The van der Waals surface area contributed by atoms with Gasteiger partial charge in [0, 0.05) is 31.7 Å². The van der Waals surface area contributed by atoms with Gasteiger partial charge < -0.3 is 9.32 Å². The van der Waals surface area contributed by atoms with Gasteiger partial charge >= 0.3 is 0 Å². The number of amides is 1. The molecule has 2 heterocycles. The first-order valence-corrected chi connectivity index (χ1v) is 11.6. The molecule has 2 aromatic carbocycles. The summed E-state index contributed by atoms with van der Waals surface area (Å²) < 4.78 is 33.3. The number of carbonyl (C=O) groups is 1. The van der Waals surface area contributed by atoms with E-state index in [0.29, 0.717) is 29.6 Å². The minimum atomic E-state index is -3.60. The summed E-state index contributed by atoms with van der Waals surface area (Å²) in [5.41, 5.74) is 2.81. The number of nitrogens with zero attached hydrogens (tertiary/aromatic N) is 3. The first-order chi connectivity index (χ1) is 14.8. The van der Waals surface area contributed by atoms with Gasteiger partial charge in [-0.25, -0.2) is 13.4 Å². The van der Waals surface area contributed by atoms with Crippen LogP contribution in [0.15, 0.2) is 57.8 Å². The molecule has 0 radical (unpaired) electrons. The van der Waals surface area contributed by atoms with Crippen LogP contribution in [0.25, 0.3) is 11.5 Å². The number of piperazine rings is 1. The van der Waals surface area contributed by atoms with Crippen LogP contribution in [0.1, 0.15) is 27.4 Å². The number of sulfonamides is 1. The molecule has 0 aliphatic carbocycles. The van der Waals surface area contributed by atoms with Crippen molar-refractivity contribution in [3.05, 3.63) is 71.1 Å². The number of oxazole rings is 1. The highest BCUT2D eigenvalue weighted by Crippen LogP contribution is 2.25. The number of hydrogen-bond acceptors (Lipinski definition) is 5. The van der Waals surface area contributed by atoms with Gasteiger partial charge in [0.2, 0.25) is 15.9 Å². The number of benzene rings is 2. The highest BCUT2D eigenvalue weighted by atomic mass is 32.2. The van der Waals surface area contributed by atoms with Crippen LogP contribution in [0, 0.1) is 20.8 Å². The lowest BCUT2D eigenvalue weighted by Crippen LogP contribution is -2.50. The van der Waals surface area contributed by atoms with Crippen molar-refractivity contribution in [1.29, 1.82) is 0 Å². The zero-order valence-electron chi connectivity index (χ0n) is 17.8. The van der Waals surface area contributed by atoms with E-state index in [1.807, 2.05) is 43.3 Å². The van der Waals surface area contributed by atoms with E-state index < -0.39 is 10.0 Å². The smallest absolute Gasteiger partial charge is 0.276 e. The number of aryl methyl sites for hydroxylation is 3. The minimum Gasteiger partial charge on any atom is -0.441 e. The second kappa shape index (κ2) is 8.28. The third-order valence-corrected chi connectivity index (χ3v) is 7.55. The predicted molar refractivity (Wildman–Crippen MR) is 117 cm³/mol. The van der Waals surface area contributed by atoms with Gasteiger partial charge in [0.15, 0.2) is 5.69 Å². The molecular formula is C23H25N3O4S. The Morgan fingerprint density at radius 2 is 1.65 bits per heavy atom. The Labute approximate surface area is 182 Å². The summed E-state index contributed by atoms with van der Waals surface area (Å²) in [5.74, 6) is 0.610. The third kappa shape index (κ3) is 4.13. The molecule has 0 atom stereocenters. The van der Waals surface area contributed by atoms with Gasteiger partial charge in [-0.1, -0.05) is 35.9 Å². The van der Waals surface area contributed by atoms with Gasteiger partial charge in [0.05, 0.1) is 4.90 Å². The van der Waals surface area contributed by atoms with E-state index in [2.05, 4.69) is 4.98 Å². The van der Waals surface area contributed by atoms with E-state index in [9.17, 15) is 13.2 Å². The molecule has 1 aliphatic rings. The fourth-order valence-electron chi connectivity index (χ4n) is 3.81. The average Bonchev–Trinajstić information content (AvgIpc) is 3.15. The standard InChI is InChI=1S/C23H25N3O4S/c1-16-9-10-20(17(2)15-16)31(28,29)26-13-11-25(12-14-26)23(27)21-18(3)30-22(24-21)19-7-5-4-6-8-19/h4-10,15H,11-14H2,1-3H3. The maximum absolute atomic E-state index is 13.1. The zero-order valence-corrected chi connectivity index (χ0v) is 18.6. The summed E-state index contributed by atoms with van der Waals surface area (Å²) in [5, 5.41) is 0. The van der Waals surface area contributed by atoms with Gasteiger partial charge in [-0.15, -0.1) is 0 Å². The van der Waals surface area contributed by atoms with Crippen LogP contribution >= 0.6 is 0 Å². The Morgan fingerprint density at radius 3 is 2.29 bits per heavy atom. The molecule has 7 nitrogen and oxygen atoms in total. The van der Waals surface area contributed by atoms with Crippen LogP contribution in [0.5, 0.6) is 0 Å². The lowest BCUT2D eigenvalue weighted by Gasteiger charge is -2.34. The molecule has 1 aromatic heterocycles. The van der Waals surface area contributed by atoms with Crippen LogP contribution < -0.4 is 0 Å². The summed E-state index contributed by atoms with van der Waals surface area (Å²) in [7, 11) is -3.60. The molecule has 1 saturated heterocycles. The monoisotopic (exact) mass is 439 g/mol. The van der Waals surface area contributed by atoms with Crippen molar-refractivity contribution in [2.45, 2.75) is 25.7 Å². The fourth-order valence-corrected chi connectivity index (χ4v) is 5.44. The van der Waals surface area contributed by atoms with E-state index in [1.165, 1.54) is 4.31 Å². The largest absolute Gasteiger partial charge is 0.441 e. The van der Waals surface area contributed by atoms with Crippen LogP contribution in [0.3, 0.4) is 0 Å². The molecule has 0 bridgehead atoms. The molecule has 1 fully saturated rings. The van der Waals surface area contributed by atoms with E-state index in [-0.39, 0.29) is 24.7 Å². The topological polar surface area (TPSA) is 83.7 Å². The fraction of sp³-hybridized carbons (Fsp3) is 0.304. The lowest BCUT2D eigenvalue weighted by atomic mass is 10.2. The third-order valence-electron chi connectivity index (χ3n) is 5.49. The van der Waals surface area contributed by atoms with E-state index in [1.54, 1.807) is 30.9 Å². The number of carbonyl (C=O) groups excluding carboxylic acids is 1. The van der Waals surface area contributed by atoms with Gasteiger partial charge in [-0.05, 0) is 44.5 Å². The lowest BCUT2D eigenvalue weighted by molar-refractivity contribution is 0.0691. The normalized spacial score (nSPS) is 15.3. The summed E-state index contributed by atoms with van der Waals surface area (Å²) in [6.45, 7) is 6.54. The van der Waals surface area contributed by atoms with Crippen molar-refractivity contribution >= 4 is 15.9 Å². The van der Waals surface area contributed by atoms with Crippen LogP contribution in [-0.2, 0) is 10.0 Å². The van der Waals surface area contributed by atoms with E-state index in [4.69, 9.17) is 4.42 Å². The number of rotatable bonds is 4. The van der Waals surface area contributed by atoms with Crippen molar-refractivity contribution < 1.29 is 17.6 Å². The van der Waals surface area contributed by atoms with E-state index in [0.717, 1.165) is 16.7 Å². The summed E-state index contributed by atoms with van der Waals surface area (Å²) in [6, 6.07) is 14.7. The molecule has 8 heteroatoms. The molecule has 31 heavy (non-hydrogen) atoms. The summed E-state index contributed by atoms with van der Waals surface area (Å²) in [4.78, 5) is 19.4. The van der Waals surface area contributed by atoms with Crippen molar-refractivity contribution in [2.24, 2.45) is 0 Å². The maximum atomic E-state index is 13.1. The molecule has 1 amide bonds. The van der Waals surface area contributed by atoms with E-state index >= 15 is 0 Å². The Morgan fingerprint density at radius 1 is 0.968 bits per heavy atom. The second-order valence-electron chi connectivity index (χ2n) is 7.76. The first kappa shape index (κ1) is 21.3. The predicted octanol–water partition coefficient (Wildman–Crippen LogP) is 3.41. The zero-order chi connectivity index (χ0) is 22.2. The Balaban J connectivity index is 1.48. The molecule has 162 valence electrons. The maximum Gasteiger partial charge on any atom is 0.276 e. The number of hydrogen-bond donors (Lipinski definition) is 0. The van der Waals surface area contributed by atoms with Crippen molar-refractivity contribution in [1.82, 2.24) is 14.2 Å². The molecule has 0 saturated carbocycles. The van der Waals surface area contributed by atoms with Crippen LogP contribution in [-0.4, -0.2) is 54.7 Å². The SMILES string of the molecule is Cc1ccc(S(=O)(=O)N2CCN(C(=O)c3nc(-c4ccccc4)oc3C)CC2)c(C)c1. The van der Waals surface area contributed by atoms with Crippen molar-refractivity contribution in [3.8, 4) is 11.5 Å². The number of aromatic nitrogens is 1. The molecular weight excluding hydrogens is 414 g/mol. The highest BCUT2D eigenvalue weighted by molar-refractivity contribution is 7.89. The van der Waals surface area contributed by atoms with Crippen molar-refractivity contribution in [3.63, 3.8) is 0 Å². The van der Waals surface area contributed by atoms with Gasteiger partial charge in [-0.2, -0.15) is 4.31 Å². The molecule has 3 aromatic rings. The molecule has 4 rings (SSSR count). The average molecular weight is 440 g/mol. The Hall–Kier alpha value is -2.97. The van der Waals surface area contributed by atoms with Crippen LogP contribution in [0.2, 0.25) is 0 Å². The molecule has 0 spiro atoms. The Kier molecular flexibility index (Phi) is 5.68. The summed E-state index contributed by atoms with van der Waals surface area (Å²) >= 11 is 0. The van der Waals surface area contributed by atoms with Gasteiger partial charge in [0.25, 0.3) is 5.91 Å². The molecule has 0 unspecified atom stereocenters. The summed E-state index contributed by atoms with van der Waals surface area (Å²) in [6.07, 6.45) is 0. The van der Waals surface area contributed by atoms with Crippen LogP contribution in [0.4, 0.5) is 0 Å². The van der Waals surface area contributed by atoms with Crippen molar-refractivity contribution in [2.75, 3.05) is 26.2 Å². The second-order valence-corrected chi connectivity index (χ2v) is 9.66. The van der Waals surface area contributed by atoms with Gasteiger partial charge in [-0.3, -0.25) is 4.79 Å². The highest BCUT2D eigenvalue weighted by Gasteiger charge is 2.32. The van der Waals surface area contributed by atoms with Gasteiger partial charge in [0.1, 0.15) is 5.76 Å². The quantitative estimate of drug-likeness (QED) is 0.622.